The number of aryl methyl sites for hydroxylation is 1. The summed E-state index contributed by atoms with van der Waals surface area (Å²) in [5.74, 6) is 0.263. The second-order valence-corrected chi connectivity index (χ2v) is 10.6. The summed E-state index contributed by atoms with van der Waals surface area (Å²) in [6.07, 6.45) is 0.865. The Morgan fingerprint density at radius 1 is 1.13 bits per heavy atom. The van der Waals surface area contributed by atoms with Crippen LogP contribution in [-0.2, 0) is 4.79 Å². The van der Waals surface area contributed by atoms with Crippen molar-refractivity contribution in [1.82, 2.24) is 20.0 Å². The van der Waals surface area contributed by atoms with Gasteiger partial charge in [-0.15, -0.1) is 11.8 Å². The molecule has 2 saturated heterocycles. The molecular weight excluding hydrogens is 396 g/mol. The van der Waals surface area contributed by atoms with Crippen LogP contribution in [0, 0.1) is 6.92 Å². The second kappa shape index (κ2) is 9.60. The Labute approximate surface area is 185 Å². The third-order valence-electron chi connectivity index (χ3n) is 5.76. The molecule has 2 atom stereocenters. The van der Waals surface area contributed by atoms with Gasteiger partial charge in [0.25, 0.3) is 0 Å². The van der Waals surface area contributed by atoms with Crippen LogP contribution in [0.2, 0.25) is 0 Å². The van der Waals surface area contributed by atoms with Crippen LogP contribution in [-0.4, -0.2) is 76.7 Å². The van der Waals surface area contributed by atoms with E-state index >= 15 is 0 Å². The lowest BCUT2D eigenvalue weighted by molar-refractivity contribution is -0.130. The number of thioether (sulfide) groups is 1. The highest BCUT2D eigenvalue weighted by atomic mass is 32.2. The molecule has 3 rings (SSSR count). The number of hydrogen-bond acceptors (Lipinski definition) is 4. The zero-order valence-corrected chi connectivity index (χ0v) is 19.8. The van der Waals surface area contributed by atoms with Gasteiger partial charge in [-0.3, -0.25) is 9.69 Å². The van der Waals surface area contributed by atoms with Crippen molar-refractivity contribution in [3.63, 3.8) is 0 Å². The van der Waals surface area contributed by atoms with Crippen molar-refractivity contribution in [2.24, 2.45) is 0 Å². The van der Waals surface area contributed by atoms with Crippen LogP contribution in [0.25, 0.3) is 0 Å². The normalized spacial score (nSPS) is 23.2. The third kappa shape index (κ3) is 5.49. The number of hydrogen-bond donors (Lipinski definition) is 1. The third-order valence-corrected chi connectivity index (χ3v) is 7.39. The van der Waals surface area contributed by atoms with E-state index < -0.39 is 0 Å². The number of nitrogens with zero attached hydrogens (tertiary/aromatic N) is 3. The lowest BCUT2D eigenvalue weighted by Crippen LogP contribution is -2.55. The van der Waals surface area contributed by atoms with E-state index in [1.165, 1.54) is 11.1 Å². The Kier molecular flexibility index (Phi) is 7.34. The molecule has 0 aliphatic carbocycles. The fourth-order valence-corrected chi connectivity index (χ4v) is 5.54. The number of amides is 3. The number of carbonyl (C=O) groups is 2. The fraction of sp³-hybridized carbons (Fsp3) is 0.652. The minimum absolute atomic E-state index is 0.0127. The maximum Gasteiger partial charge on any atom is 0.317 e. The van der Waals surface area contributed by atoms with Gasteiger partial charge in [-0.1, -0.05) is 31.2 Å². The molecule has 0 bridgehead atoms. The highest BCUT2D eigenvalue weighted by molar-refractivity contribution is 8.01. The van der Waals surface area contributed by atoms with E-state index in [1.807, 2.05) is 25.7 Å². The molecule has 2 aliphatic rings. The molecule has 0 aromatic heterocycles. The number of carbonyl (C=O) groups excluding carboxylic acids is 2. The van der Waals surface area contributed by atoms with Crippen molar-refractivity contribution >= 4 is 23.7 Å². The minimum Gasteiger partial charge on any atom is -0.333 e. The molecule has 0 spiro atoms. The van der Waals surface area contributed by atoms with Crippen molar-refractivity contribution in [3.05, 3.63) is 35.4 Å². The van der Waals surface area contributed by atoms with Crippen LogP contribution in [0.3, 0.4) is 0 Å². The molecule has 1 aromatic carbocycles. The van der Waals surface area contributed by atoms with E-state index in [2.05, 4.69) is 53.2 Å². The van der Waals surface area contributed by atoms with Gasteiger partial charge in [0.2, 0.25) is 5.91 Å². The van der Waals surface area contributed by atoms with Gasteiger partial charge >= 0.3 is 6.03 Å². The average molecular weight is 433 g/mol. The first-order chi connectivity index (χ1) is 14.2. The van der Waals surface area contributed by atoms with Crippen molar-refractivity contribution in [3.8, 4) is 0 Å². The first-order valence-corrected chi connectivity index (χ1v) is 11.9. The zero-order chi connectivity index (χ0) is 21.9. The molecule has 0 unspecified atom stereocenters. The summed E-state index contributed by atoms with van der Waals surface area (Å²) in [5, 5.41) is 3.19. The lowest BCUT2D eigenvalue weighted by atomic mass is 10.1. The van der Waals surface area contributed by atoms with Crippen LogP contribution in [0.4, 0.5) is 4.79 Å². The van der Waals surface area contributed by atoms with Crippen LogP contribution in [0.5, 0.6) is 0 Å². The monoisotopic (exact) mass is 432 g/mol. The fourth-order valence-electron chi connectivity index (χ4n) is 4.01. The molecule has 166 valence electrons. The topological polar surface area (TPSA) is 55.9 Å². The molecule has 6 nitrogen and oxygen atoms in total. The van der Waals surface area contributed by atoms with Gasteiger partial charge in [-0.25, -0.2) is 4.79 Å². The summed E-state index contributed by atoms with van der Waals surface area (Å²) < 4.78 is 0. The van der Waals surface area contributed by atoms with Crippen LogP contribution >= 0.6 is 11.8 Å². The Hall–Kier alpha value is -1.73. The highest BCUT2D eigenvalue weighted by Crippen LogP contribution is 2.44. The van der Waals surface area contributed by atoms with Crippen LogP contribution in [0.15, 0.2) is 24.3 Å². The predicted octanol–water partition coefficient (Wildman–Crippen LogP) is 3.47. The average Bonchev–Trinajstić information content (AvgIpc) is 3.01. The molecule has 0 radical (unpaired) electrons. The minimum atomic E-state index is -0.220. The van der Waals surface area contributed by atoms with Crippen molar-refractivity contribution in [1.29, 1.82) is 0 Å². The summed E-state index contributed by atoms with van der Waals surface area (Å²) in [6.45, 7) is 14.9. The number of nitrogens with one attached hydrogen (secondary N) is 1. The molecule has 0 saturated carbocycles. The summed E-state index contributed by atoms with van der Waals surface area (Å²) in [7, 11) is 0. The smallest absolute Gasteiger partial charge is 0.317 e. The number of benzene rings is 1. The molecule has 2 aliphatic heterocycles. The van der Waals surface area contributed by atoms with E-state index in [1.54, 1.807) is 11.8 Å². The van der Waals surface area contributed by atoms with E-state index in [0.29, 0.717) is 0 Å². The van der Waals surface area contributed by atoms with E-state index in [-0.39, 0.29) is 28.1 Å². The predicted molar refractivity (Wildman–Crippen MR) is 124 cm³/mol. The maximum atomic E-state index is 13.0. The first kappa shape index (κ1) is 22.9. The van der Waals surface area contributed by atoms with Gasteiger partial charge in [0.1, 0.15) is 5.37 Å². The zero-order valence-electron chi connectivity index (χ0n) is 19.0. The van der Waals surface area contributed by atoms with Gasteiger partial charge in [0.15, 0.2) is 0 Å². The summed E-state index contributed by atoms with van der Waals surface area (Å²) in [4.78, 5) is 31.7. The Morgan fingerprint density at radius 3 is 2.40 bits per heavy atom. The molecule has 2 fully saturated rings. The lowest BCUT2D eigenvalue weighted by Gasteiger charge is -2.37. The van der Waals surface area contributed by atoms with Gasteiger partial charge in [0.05, 0.1) is 5.25 Å². The molecule has 30 heavy (non-hydrogen) atoms. The molecular formula is C23H36N4O2S. The second-order valence-electron chi connectivity index (χ2n) is 9.28. The summed E-state index contributed by atoms with van der Waals surface area (Å²) in [5.41, 5.74) is 2.26. The van der Waals surface area contributed by atoms with Gasteiger partial charge in [-0.2, -0.15) is 0 Å². The molecule has 1 N–H and O–H groups in total. The van der Waals surface area contributed by atoms with Crippen molar-refractivity contribution in [2.75, 3.05) is 39.3 Å². The molecule has 1 aromatic rings. The Balaban J connectivity index is 1.57. The molecule has 3 amide bonds. The quantitative estimate of drug-likeness (QED) is 0.774. The van der Waals surface area contributed by atoms with Gasteiger partial charge in [0, 0.05) is 44.8 Å². The number of piperazine rings is 1. The standard InChI is InChI=1S/C23H36N4O2S/c1-6-19-20(28)27(21(30-19)18-10-8-7-9-17(18)2)16-13-25-11-14-26(15-12-25)22(29)24-23(3,4)5/h7-10,19,21H,6,11-16H2,1-5H3,(H,24,29)/t19-,21+/m0/s1. The van der Waals surface area contributed by atoms with E-state index in [0.717, 1.165) is 45.7 Å². The van der Waals surface area contributed by atoms with Crippen molar-refractivity contribution in [2.45, 2.75) is 57.2 Å². The van der Waals surface area contributed by atoms with E-state index in [9.17, 15) is 9.59 Å². The Morgan fingerprint density at radius 2 is 1.80 bits per heavy atom. The molecule has 7 heteroatoms. The highest BCUT2D eigenvalue weighted by Gasteiger charge is 2.40. The largest absolute Gasteiger partial charge is 0.333 e. The van der Waals surface area contributed by atoms with Crippen LogP contribution in [0.1, 0.15) is 50.6 Å². The summed E-state index contributed by atoms with van der Waals surface area (Å²) in [6, 6.07) is 8.40. The summed E-state index contributed by atoms with van der Waals surface area (Å²) >= 11 is 1.79. The maximum absolute atomic E-state index is 13.0. The van der Waals surface area contributed by atoms with Crippen LogP contribution < -0.4 is 5.32 Å². The number of urea groups is 1. The number of rotatable bonds is 5. The van der Waals surface area contributed by atoms with E-state index in [4.69, 9.17) is 0 Å². The first-order valence-electron chi connectivity index (χ1n) is 11.0. The molecule has 2 heterocycles. The SMILES string of the molecule is CC[C@@H]1S[C@H](c2ccccc2C)N(CCN2CCN(C(=O)NC(C)(C)C)CC2)C1=O. The van der Waals surface area contributed by atoms with Gasteiger partial charge < -0.3 is 15.1 Å². The van der Waals surface area contributed by atoms with Crippen molar-refractivity contribution < 1.29 is 9.59 Å². The van der Waals surface area contributed by atoms with Gasteiger partial charge in [-0.05, 0) is 45.2 Å². The Bertz CT molecular complexity index is 756.